The molecule has 1 N–H and O–H groups in total. The third kappa shape index (κ3) is 6.36. The summed E-state index contributed by atoms with van der Waals surface area (Å²) in [5.41, 5.74) is 0. The lowest BCUT2D eigenvalue weighted by Crippen LogP contribution is -2.47. The maximum absolute atomic E-state index is 5.80. The number of ether oxygens (including phenoxy) is 1. The highest BCUT2D eigenvalue weighted by atomic mass is 16.5. The van der Waals surface area contributed by atoms with Gasteiger partial charge in [0.05, 0.1) is 12.7 Å². The van der Waals surface area contributed by atoms with Gasteiger partial charge in [0.25, 0.3) is 0 Å². The molecule has 0 aromatic rings. The van der Waals surface area contributed by atoms with Gasteiger partial charge >= 0.3 is 0 Å². The smallest absolute Gasteiger partial charge is 0.0829 e. The molecule has 0 saturated carbocycles. The summed E-state index contributed by atoms with van der Waals surface area (Å²) >= 11 is 0. The summed E-state index contributed by atoms with van der Waals surface area (Å²) in [5, 5.41) is 3.43. The van der Waals surface area contributed by atoms with E-state index in [1.165, 1.54) is 6.42 Å². The molecule has 0 amide bonds. The Morgan fingerprint density at radius 2 is 2.18 bits per heavy atom. The van der Waals surface area contributed by atoms with Gasteiger partial charge in [-0.3, -0.25) is 4.90 Å². The van der Waals surface area contributed by atoms with Gasteiger partial charge in [-0.15, -0.1) is 0 Å². The highest BCUT2D eigenvalue weighted by molar-refractivity contribution is 4.73. The first-order valence-corrected chi connectivity index (χ1v) is 6.99. The molecule has 1 fully saturated rings. The quantitative estimate of drug-likeness (QED) is 0.633. The third-order valence-electron chi connectivity index (χ3n) is 3.28. The van der Waals surface area contributed by atoms with Crippen LogP contribution in [0.1, 0.15) is 20.3 Å². The van der Waals surface area contributed by atoms with Crippen molar-refractivity contribution in [1.82, 2.24) is 15.1 Å². The number of nitrogens with zero attached hydrogens (tertiary/aromatic N) is 2. The van der Waals surface area contributed by atoms with Gasteiger partial charge in [0.1, 0.15) is 0 Å². The van der Waals surface area contributed by atoms with Crippen molar-refractivity contribution < 1.29 is 4.74 Å². The summed E-state index contributed by atoms with van der Waals surface area (Å²) in [7, 11) is 2.18. The van der Waals surface area contributed by atoms with Crippen molar-refractivity contribution in [2.75, 3.05) is 59.5 Å². The number of likely N-dealkylation sites (N-methyl/N-ethyl adjacent to an activating group) is 2. The number of hydrogen-bond acceptors (Lipinski definition) is 4. The van der Waals surface area contributed by atoms with Crippen LogP contribution in [-0.2, 0) is 4.74 Å². The molecular formula is C13H29N3O. The third-order valence-corrected chi connectivity index (χ3v) is 3.28. The van der Waals surface area contributed by atoms with E-state index in [1.807, 2.05) is 0 Å². The molecule has 0 aromatic heterocycles. The van der Waals surface area contributed by atoms with Crippen LogP contribution in [0, 0.1) is 0 Å². The Morgan fingerprint density at radius 3 is 2.88 bits per heavy atom. The topological polar surface area (TPSA) is 27.7 Å². The fraction of sp³-hybridized carbons (Fsp3) is 1.00. The lowest BCUT2D eigenvalue weighted by atomic mass is 10.2. The Hall–Kier alpha value is -0.160. The molecule has 0 spiro atoms. The highest BCUT2D eigenvalue weighted by Gasteiger charge is 2.20. The van der Waals surface area contributed by atoms with Crippen molar-refractivity contribution in [3.63, 3.8) is 0 Å². The molecule has 1 unspecified atom stereocenters. The molecule has 0 aromatic carbocycles. The first-order chi connectivity index (χ1) is 8.26. The van der Waals surface area contributed by atoms with Crippen LogP contribution < -0.4 is 5.32 Å². The predicted octanol–water partition coefficient (Wildman–Crippen LogP) is 0.639. The minimum absolute atomic E-state index is 0.389. The maximum atomic E-state index is 5.80. The van der Waals surface area contributed by atoms with Gasteiger partial charge in [0.15, 0.2) is 0 Å². The molecule has 1 aliphatic heterocycles. The monoisotopic (exact) mass is 243 g/mol. The standard InChI is InChI=1S/C13H29N3O/c1-4-6-14-7-8-15(3)11-13-12-16(5-2)9-10-17-13/h13-14H,4-12H2,1-3H3. The molecule has 0 radical (unpaired) electrons. The van der Waals surface area contributed by atoms with Crippen LogP contribution in [0.3, 0.4) is 0 Å². The van der Waals surface area contributed by atoms with Crippen LogP contribution in [0.25, 0.3) is 0 Å². The normalized spacial score (nSPS) is 22.2. The van der Waals surface area contributed by atoms with E-state index in [9.17, 15) is 0 Å². The van der Waals surface area contributed by atoms with Crippen molar-refractivity contribution in [2.24, 2.45) is 0 Å². The molecule has 1 rings (SSSR count). The van der Waals surface area contributed by atoms with E-state index in [-0.39, 0.29) is 0 Å². The van der Waals surface area contributed by atoms with Crippen LogP contribution in [0.15, 0.2) is 0 Å². The number of hydrogen-bond donors (Lipinski definition) is 1. The molecule has 0 bridgehead atoms. The summed E-state index contributed by atoms with van der Waals surface area (Å²) in [6.07, 6.45) is 1.60. The average molecular weight is 243 g/mol. The molecule has 0 aliphatic carbocycles. The van der Waals surface area contributed by atoms with E-state index in [2.05, 4.69) is 36.0 Å². The summed E-state index contributed by atoms with van der Waals surface area (Å²) in [6, 6.07) is 0. The van der Waals surface area contributed by atoms with E-state index < -0.39 is 0 Å². The van der Waals surface area contributed by atoms with Crippen LogP contribution in [0.2, 0.25) is 0 Å². The Morgan fingerprint density at radius 1 is 1.35 bits per heavy atom. The van der Waals surface area contributed by atoms with E-state index in [4.69, 9.17) is 4.74 Å². The predicted molar refractivity (Wildman–Crippen MR) is 72.5 cm³/mol. The van der Waals surface area contributed by atoms with Crippen LogP contribution in [0.5, 0.6) is 0 Å². The van der Waals surface area contributed by atoms with Crippen molar-refractivity contribution in [2.45, 2.75) is 26.4 Å². The zero-order chi connectivity index (χ0) is 12.5. The average Bonchev–Trinajstić information content (AvgIpc) is 2.35. The minimum Gasteiger partial charge on any atom is -0.374 e. The molecule has 17 heavy (non-hydrogen) atoms. The molecule has 1 aliphatic rings. The van der Waals surface area contributed by atoms with Crippen LogP contribution >= 0.6 is 0 Å². The van der Waals surface area contributed by atoms with Gasteiger partial charge in [-0.2, -0.15) is 0 Å². The molecule has 4 heteroatoms. The lowest BCUT2D eigenvalue weighted by Gasteiger charge is -2.34. The van der Waals surface area contributed by atoms with E-state index >= 15 is 0 Å². The lowest BCUT2D eigenvalue weighted by molar-refractivity contribution is -0.0387. The maximum Gasteiger partial charge on any atom is 0.0829 e. The van der Waals surface area contributed by atoms with Crippen LogP contribution in [-0.4, -0.2) is 75.4 Å². The first-order valence-electron chi connectivity index (χ1n) is 6.99. The van der Waals surface area contributed by atoms with Gasteiger partial charge in [-0.25, -0.2) is 0 Å². The van der Waals surface area contributed by atoms with Crippen molar-refractivity contribution >= 4 is 0 Å². The Labute approximate surface area is 106 Å². The van der Waals surface area contributed by atoms with Crippen molar-refractivity contribution in [1.29, 1.82) is 0 Å². The largest absolute Gasteiger partial charge is 0.374 e. The van der Waals surface area contributed by atoms with Crippen molar-refractivity contribution in [3.05, 3.63) is 0 Å². The van der Waals surface area contributed by atoms with Gasteiger partial charge in [-0.05, 0) is 26.6 Å². The molecule has 4 nitrogen and oxygen atoms in total. The van der Waals surface area contributed by atoms with Gasteiger partial charge in [0, 0.05) is 32.7 Å². The highest BCUT2D eigenvalue weighted by Crippen LogP contribution is 2.05. The van der Waals surface area contributed by atoms with E-state index in [0.29, 0.717) is 6.10 Å². The SMILES string of the molecule is CCCNCCN(C)CC1CN(CC)CCO1. The Bertz CT molecular complexity index is 190. The van der Waals surface area contributed by atoms with Crippen molar-refractivity contribution in [3.8, 4) is 0 Å². The van der Waals surface area contributed by atoms with E-state index in [1.54, 1.807) is 0 Å². The van der Waals surface area contributed by atoms with E-state index in [0.717, 1.165) is 52.4 Å². The second-order valence-electron chi connectivity index (χ2n) is 4.90. The second kappa shape index (κ2) is 8.86. The van der Waals surface area contributed by atoms with Gasteiger partial charge in [0.2, 0.25) is 0 Å². The number of morpholine rings is 1. The zero-order valence-corrected chi connectivity index (χ0v) is 11.7. The summed E-state index contributed by atoms with van der Waals surface area (Å²) in [4.78, 5) is 4.84. The van der Waals surface area contributed by atoms with Gasteiger partial charge < -0.3 is 15.0 Å². The Kier molecular flexibility index (Phi) is 7.77. The summed E-state index contributed by atoms with van der Waals surface area (Å²) in [6.45, 7) is 13.0. The van der Waals surface area contributed by atoms with Crippen LogP contribution in [0.4, 0.5) is 0 Å². The summed E-state index contributed by atoms with van der Waals surface area (Å²) in [5.74, 6) is 0. The fourth-order valence-electron chi connectivity index (χ4n) is 2.19. The zero-order valence-electron chi connectivity index (χ0n) is 11.7. The number of nitrogens with one attached hydrogen (secondary N) is 1. The van der Waals surface area contributed by atoms with Gasteiger partial charge in [-0.1, -0.05) is 13.8 Å². The molecule has 1 saturated heterocycles. The minimum atomic E-state index is 0.389. The number of rotatable bonds is 8. The molecular weight excluding hydrogens is 214 g/mol. The molecule has 1 atom stereocenters. The summed E-state index contributed by atoms with van der Waals surface area (Å²) < 4.78 is 5.80. The molecule has 102 valence electrons. The first kappa shape index (κ1) is 14.9. The fourth-order valence-corrected chi connectivity index (χ4v) is 2.19. The Balaban J connectivity index is 2.10. The second-order valence-corrected chi connectivity index (χ2v) is 4.90. The molecule has 1 heterocycles.